The van der Waals surface area contributed by atoms with Gasteiger partial charge in [0.15, 0.2) is 0 Å². The number of alkyl carbamates (subject to hydrolysis) is 1. The summed E-state index contributed by atoms with van der Waals surface area (Å²) in [6.07, 6.45) is -2.73. The van der Waals surface area contributed by atoms with Crippen LogP contribution in [0.2, 0.25) is 0 Å². The highest BCUT2D eigenvalue weighted by atomic mass is 16.7. The van der Waals surface area contributed by atoms with Gasteiger partial charge in [0.25, 0.3) is 0 Å². The molecule has 3 unspecified atom stereocenters. The molecule has 292 valence electrons. The monoisotopic (exact) mass is 748 g/mol. The number of ether oxygens (including phenoxy) is 6. The maximum absolute atomic E-state index is 14.2. The second kappa shape index (κ2) is 21.2. The van der Waals surface area contributed by atoms with Crippen molar-refractivity contribution in [2.24, 2.45) is 11.3 Å². The van der Waals surface area contributed by atoms with E-state index in [1.54, 1.807) is 69.3 Å². The summed E-state index contributed by atoms with van der Waals surface area (Å²) in [5.74, 6) is -2.80. The zero-order chi connectivity index (χ0) is 39.6. The van der Waals surface area contributed by atoms with Crippen molar-refractivity contribution in [2.75, 3.05) is 13.2 Å². The summed E-state index contributed by atoms with van der Waals surface area (Å²) in [6.45, 7) is 9.94. The third kappa shape index (κ3) is 16.4. The first kappa shape index (κ1) is 42.8. The summed E-state index contributed by atoms with van der Waals surface area (Å²) in [5, 5.41) is 5.41. The van der Waals surface area contributed by atoms with Crippen molar-refractivity contribution < 1.29 is 52.4 Å². The van der Waals surface area contributed by atoms with Crippen LogP contribution in [0.15, 0.2) is 91.0 Å². The topological polar surface area (TPSA) is 165 Å². The minimum absolute atomic E-state index is 0.00463. The van der Waals surface area contributed by atoms with Crippen molar-refractivity contribution >= 4 is 30.3 Å². The van der Waals surface area contributed by atoms with Crippen molar-refractivity contribution in [3.8, 4) is 0 Å². The smallest absolute Gasteiger partial charge is 0.461 e. The van der Waals surface area contributed by atoms with Crippen molar-refractivity contribution in [2.45, 2.75) is 91.9 Å². The fourth-order valence-electron chi connectivity index (χ4n) is 4.94. The summed E-state index contributed by atoms with van der Waals surface area (Å²) < 4.78 is 32.1. The van der Waals surface area contributed by atoms with Crippen molar-refractivity contribution in [1.29, 1.82) is 0 Å². The molecule has 13 nitrogen and oxygen atoms in total. The molecule has 13 heteroatoms. The van der Waals surface area contributed by atoms with Gasteiger partial charge in [-0.15, -0.1) is 0 Å². The van der Waals surface area contributed by atoms with E-state index in [1.165, 1.54) is 0 Å². The number of benzene rings is 3. The lowest BCUT2D eigenvalue weighted by Gasteiger charge is -2.34. The quantitative estimate of drug-likeness (QED) is 0.0811. The molecule has 3 aromatic rings. The summed E-state index contributed by atoms with van der Waals surface area (Å²) in [6, 6.07) is 24.8. The maximum atomic E-state index is 14.2. The van der Waals surface area contributed by atoms with E-state index in [9.17, 15) is 24.0 Å². The zero-order valence-electron chi connectivity index (χ0n) is 31.8. The number of carbonyl (C=O) groups is 5. The van der Waals surface area contributed by atoms with Crippen LogP contribution < -0.4 is 10.6 Å². The van der Waals surface area contributed by atoms with Gasteiger partial charge in [-0.25, -0.2) is 14.4 Å². The lowest BCUT2D eigenvalue weighted by atomic mass is 9.86. The van der Waals surface area contributed by atoms with Gasteiger partial charge in [0.05, 0.1) is 18.6 Å². The fraction of sp³-hybridized carbons (Fsp3) is 0.439. The largest absolute Gasteiger partial charge is 0.508 e. The minimum atomic E-state index is -1.51. The van der Waals surface area contributed by atoms with E-state index in [1.807, 2.05) is 63.2 Å². The molecule has 3 aromatic carbocycles. The zero-order valence-corrected chi connectivity index (χ0v) is 31.8. The van der Waals surface area contributed by atoms with Gasteiger partial charge in [0.1, 0.15) is 38.1 Å². The Morgan fingerprint density at radius 1 is 0.593 bits per heavy atom. The van der Waals surface area contributed by atoms with Gasteiger partial charge in [-0.2, -0.15) is 0 Å². The molecular weight excluding hydrogens is 696 g/mol. The molecule has 0 aliphatic heterocycles. The van der Waals surface area contributed by atoms with Crippen LogP contribution in [0.5, 0.6) is 0 Å². The molecule has 0 saturated carbocycles. The normalized spacial score (nSPS) is 12.9. The molecule has 3 atom stereocenters. The molecule has 2 amide bonds. The molecule has 3 rings (SSSR count). The minimum Gasteiger partial charge on any atom is -0.461 e. The van der Waals surface area contributed by atoms with E-state index in [0.29, 0.717) is 5.56 Å². The average Bonchev–Trinajstić information content (AvgIpc) is 3.13. The molecule has 0 fully saturated rings. The fourth-order valence-corrected chi connectivity index (χ4v) is 4.94. The third-order valence-corrected chi connectivity index (χ3v) is 7.89. The average molecular weight is 749 g/mol. The van der Waals surface area contributed by atoms with Crippen LogP contribution in [0.4, 0.5) is 14.4 Å². The van der Waals surface area contributed by atoms with Gasteiger partial charge in [-0.1, -0.05) is 112 Å². The standard InChI is InChI=1S/C41H52N2O11/c1-40(2,3)33(28-53-39(48)52-27-31-21-14-9-15-22-31)42-35(44)34(43-37(46)54-41(4,5)6)32(36(45)50-25-29-17-10-7-11-18-29)23-16-24-49-38(47)51-26-30-19-12-8-13-20-30/h7-15,17-22,32-34H,16,23-28H2,1-6H3,(H,42,44)(H,43,46). The van der Waals surface area contributed by atoms with Crippen LogP contribution in [0.3, 0.4) is 0 Å². The Morgan fingerprint density at radius 3 is 1.52 bits per heavy atom. The highest BCUT2D eigenvalue weighted by Gasteiger charge is 2.39. The van der Waals surface area contributed by atoms with Crippen LogP contribution in [0.1, 0.15) is 71.1 Å². The van der Waals surface area contributed by atoms with Crippen molar-refractivity contribution in [3.63, 3.8) is 0 Å². The maximum Gasteiger partial charge on any atom is 0.508 e. The van der Waals surface area contributed by atoms with Crippen molar-refractivity contribution in [3.05, 3.63) is 108 Å². The number of nitrogens with one attached hydrogen (secondary N) is 2. The van der Waals surface area contributed by atoms with Gasteiger partial charge >= 0.3 is 24.4 Å². The molecule has 0 aromatic heterocycles. The van der Waals surface area contributed by atoms with Crippen LogP contribution in [0, 0.1) is 11.3 Å². The summed E-state index contributed by atoms with van der Waals surface area (Å²) >= 11 is 0. The van der Waals surface area contributed by atoms with Gasteiger partial charge in [-0.05, 0) is 55.7 Å². The van der Waals surface area contributed by atoms with Crippen LogP contribution >= 0.6 is 0 Å². The Kier molecular flexibility index (Phi) is 16.8. The number of carbonyl (C=O) groups excluding carboxylic acids is 5. The van der Waals surface area contributed by atoms with E-state index >= 15 is 0 Å². The highest BCUT2D eigenvalue weighted by molar-refractivity contribution is 5.91. The van der Waals surface area contributed by atoms with Crippen LogP contribution in [-0.4, -0.2) is 61.2 Å². The lowest BCUT2D eigenvalue weighted by molar-refractivity contribution is -0.153. The Morgan fingerprint density at radius 2 is 1.06 bits per heavy atom. The third-order valence-electron chi connectivity index (χ3n) is 7.89. The molecule has 0 heterocycles. The van der Waals surface area contributed by atoms with Gasteiger partial charge in [-0.3, -0.25) is 9.59 Å². The Balaban J connectivity index is 1.77. The number of amides is 2. The summed E-state index contributed by atoms with van der Waals surface area (Å²) in [7, 11) is 0. The van der Waals surface area contributed by atoms with Crippen LogP contribution in [-0.2, 0) is 57.8 Å². The Hall–Kier alpha value is -5.59. The molecule has 54 heavy (non-hydrogen) atoms. The second-order valence-corrected chi connectivity index (χ2v) is 14.6. The first-order valence-electron chi connectivity index (χ1n) is 17.8. The Labute approximate surface area is 317 Å². The van der Waals surface area contributed by atoms with E-state index in [0.717, 1.165) is 11.1 Å². The summed E-state index contributed by atoms with van der Waals surface area (Å²) in [5.41, 5.74) is 0.666. The van der Waals surface area contributed by atoms with Crippen molar-refractivity contribution in [1.82, 2.24) is 10.6 Å². The molecule has 0 bridgehead atoms. The molecule has 0 radical (unpaired) electrons. The highest BCUT2D eigenvalue weighted by Crippen LogP contribution is 2.23. The van der Waals surface area contributed by atoms with E-state index in [4.69, 9.17) is 28.4 Å². The van der Waals surface area contributed by atoms with Gasteiger partial charge < -0.3 is 39.1 Å². The predicted molar refractivity (Wildman–Crippen MR) is 199 cm³/mol. The first-order chi connectivity index (χ1) is 25.6. The van der Waals surface area contributed by atoms with Crippen LogP contribution in [0.25, 0.3) is 0 Å². The number of hydrogen-bond acceptors (Lipinski definition) is 11. The Bertz CT molecular complexity index is 1620. The molecular formula is C41H52N2O11. The van der Waals surface area contributed by atoms with E-state index < -0.39 is 59.3 Å². The summed E-state index contributed by atoms with van der Waals surface area (Å²) in [4.78, 5) is 65.9. The van der Waals surface area contributed by atoms with Gasteiger partial charge in [0.2, 0.25) is 5.91 Å². The molecule has 0 spiro atoms. The lowest BCUT2D eigenvalue weighted by Crippen LogP contribution is -2.58. The molecule has 0 aliphatic rings. The SMILES string of the molecule is CC(C)(C)OC(=O)NC(C(=O)NC(COC(=O)OCc1ccccc1)C(C)(C)C)C(CCCOC(=O)OCc1ccccc1)C(=O)OCc1ccccc1. The number of rotatable bonds is 17. The molecule has 2 N–H and O–H groups in total. The van der Waals surface area contributed by atoms with E-state index in [2.05, 4.69) is 10.6 Å². The number of esters is 1. The number of hydrogen-bond donors (Lipinski definition) is 2. The van der Waals surface area contributed by atoms with Gasteiger partial charge in [0, 0.05) is 0 Å². The van der Waals surface area contributed by atoms with E-state index in [-0.39, 0.29) is 45.9 Å². The molecule has 0 saturated heterocycles. The second-order valence-electron chi connectivity index (χ2n) is 14.6. The molecule has 0 aliphatic carbocycles. The predicted octanol–water partition coefficient (Wildman–Crippen LogP) is 7.26. The first-order valence-corrected chi connectivity index (χ1v) is 17.8.